The maximum absolute atomic E-state index is 15.2. The van der Waals surface area contributed by atoms with Crippen molar-refractivity contribution in [3.8, 4) is 18.1 Å². The molecule has 0 unspecified atom stereocenters. The predicted octanol–water partition coefficient (Wildman–Crippen LogP) is 2.26. The summed E-state index contributed by atoms with van der Waals surface area (Å²) in [4.78, 5) is 64.7. The van der Waals surface area contributed by atoms with E-state index in [1.54, 1.807) is 6.92 Å². The monoisotopic (exact) mass is 534 g/mol. The van der Waals surface area contributed by atoms with Crippen LogP contribution in [0.3, 0.4) is 0 Å². The summed E-state index contributed by atoms with van der Waals surface area (Å²) in [5.74, 6) is -3.46. The molecule has 0 bridgehead atoms. The normalized spacial score (nSPS) is 14.8. The van der Waals surface area contributed by atoms with Crippen molar-refractivity contribution in [2.24, 2.45) is 0 Å². The molecular weight excluding hydrogens is 511 g/mol. The quantitative estimate of drug-likeness (QED) is 0.283. The average Bonchev–Trinajstić information content (AvgIpc) is 2.89. The molecular formula is C25H24ClFN2O8. The predicted molar refractivity (Wildman–Crippen MR) is 129 cm³/mol. The van der Waals surface area contributed by atoms with Gasteiger partial charge in [-0.2, -0.15) is 0 Å². The Morgan fingerprint density at radius 2 is 1.89 bits per heavy atom. The molecule has 0 saturated heterocycles. The third-order valence-electron chi connectivity index (χ3n) is 5.63. The second-order valence-electron chi connectivity index (χ2n) is 7.96. The lowest BCUT2D eigenvalue weighted by molar-refractivity contribution is -0.156. The first-order valence-electron chi connectivity index (χ1n) is 11.4. The average molecular weight is 535 g/mol. The molecule has 1 heterocycles. The van der Waals surface area contributed by atoms with E-state index in [9.17, 15) is 24.0 Å². The van der Waals surface area contributed by atoms with E-state index >= 15 is 4.39 Å². The Morgan fingerprint density at radius 1 is 1.19 bits per heavy atom. The summed E-state index contributed by atoms with van der Waals surface area (Å²) < 4.78 is 30.2. The van der Waals surface area contributed by atoms with Gasteiger partial charge >= 0.3 is 11.9 Å². The number of hydrogen-bond donors (Lipinski definition) is 0. The van der Waals surface area contributed by atoms with Crippen LogP contribution in [0.1, 0.15) is 32.6 Å². The molecule has 10 nitrogen and oxygen atoms in total. The number of nitrogens with zero attached hydrogens (tertiary/aromatic N) is 2. The number of hydrogen-bond acceptors (Lipinski definition) is 8. The van der Waals surface area contributed by atoms with Crippen LogP contribution in [0.2, 0.25) is 0 Å². The van der Waals surface area contributed by atoms with Crippen LogP contribution in [-0.4, -0.2) is 61.9 Å². The third kappa shape index (κ3) is 6.09. The number of imide groups is 1. The second kappa shape index (κ2) is 12.4. The zero-order valence-electron chi connectivity index (χ0n) is 20.0. The lowest BCUT2D eigenvalue weighted by Crippen LogP contribution is -2.42. The number of carbonyl (C=O) groups is 5. The van der Waals surface area contributed by atoms with Gasteiger partial charge in [0, 0.05) is 17.2 Å². The van der Waals surface area contributed by atoms with Crippen molar-refractivity contribution in [1.82, 2.24) is 0 Å². The van der Waals surface area contributed by atoms with E-state index in [-0.39, 0.29) is 55.2 Å². The molecule has 1 aromatic carbocycles. The molecule has 0 atom stereocenters. The van der Waals surface area contributed by atoms with E-state index in [1.165, 1.54) is 0 Å². The minimum absolute atomic E-state index is 0.00179. The number of terminal acetylenes is 1. The van der Waals surface area contributed by atoms with Crippen LogP contribution in [0.4, 0.5) is 15.8 Å². The van der Waals surface area contributed by atoms with Crippen molar-refractivity contribution in [2.45, 2.75) is 32.6 Å². The summed E-state index contributed by atoms with van der Waals surface area (Å²) in [6.07, 6.45) is 6.68. The first-order chi connectivity index (χ1) is 17.7. The Labute approximate surface area is 217 Å². The van der Waals surface area contributed by atoms with Crippen molar-refractivity contribution in [2.75, 3.05) is 42.0 Å². The zero-order valence-corrected chi connectivity index (χ0v) is 20.8. The number of carbonyl (C=O) groups excluding carboxylic acids is 5. The highest BCUT2D eigenvalue weighted by Crippen LogP contribution is 2.39. The van der Waals surface area contributed by atoms with Crippen LogP contribution in [-0.2, 0) is 33.4 Å². The number of ether oxygens (including phenoxy) is 3. The van der Waals surface area contributed by atoms with Gasteiger partial charge in [0.15, 0.2) is 19.0 Å². The molecule has 0 aromatic heterocycles. The fraction of sp³-hybridized carbons (Fsp3) is 0.400. The van der Waals surface area contributed by atoms with E-state index in [1.807, 2.05) is 0 Å². The Hall–Kier alpha value is -3.91. The SMILES string of the molecule is C#CCN1C(=O)COc2cc(F)c(N(C(=O)CCl)C(=O)C3=C(C(=O)OCC(=O)OCC)CCCC3)cc21. The fourth-order valence-electron chi connectivity index (χ4n) is 3.98. The number of rotatable bonds is 8. The maximum Gasteiger partial charge on any atom is 0.344 e. The molecule has 0 spiro atoms. The van der Waals surface area contributed by atoms with Gasteiger partial charge in [0.2, 0.25) is 5.91 Å². The minimum atomic E-state index is -0.997. The molecule has 0 fully saturated rings. The van der Waals surface area contributed by atoms with Crippen LogP contribution in [0.15, 0.2) is 23.3 Å². The molecule has 3 rings (SSSR count). The van der Waals surface area contributed by atoms with Crippen LogP contribution in [0, 0.1) is 18.2 Å². The second-order valence-corrected chi connectivity index (χ2v) is 8.22. The molecule has 196 valence electrons. The smallest absolute Gasteiger partial charge is 0.344 e. The number of amides is 3. The molecule has 12 heteroatoms. The highest BCUT2D eigenvalue weighted by molar-refractivity contribution is 6.34. The summed E-state index contributed by atoms with van der Waals surface area (Å²) in [7, 11) is 0. The van der Waals surface area contributed by atoms with Crippen LogP contribution in [0.25, 0.3) is 0 Å². The number of halogens is 2. The number of anilines is 2. The molecule has 2 aliphatic rings. The van der Waals surface area contributed by atoms with Gasteiger partial charge in [0.25, 0.3) is 11.8 Å². The topological polar surface area (TPSA) is 120 Å². The lowest BCUT2D eigenvalue weighted by Gasteiger charge is -2.30. The fourth-order valence-corrected chi connectivity index (χ4v) is 4.10. The molecule has 1 aliphatic carbocycles. The summed E-state index contributed by atoms with van der Waals surface area (Å²) in [6.45, 7) is 0.525. The number of benzene rings is 1. The van der Waals surface area contributed by atoms with Gasteiger partial charge in [-0.05, 0) is 38.7 Å². The minimum Gasteiger partial charge on any atom is -0.481 e. The van der Waals surface area contributed by atoms with Crippen molar-refractivity contribution in [3.63, 3.8) is 0 Å². The van der Waals surface area contributed by atoms with Crippen molar-refractivity contribution in [3.05, 3.63) is 29.1 Å². The zero-order chi connectivity index (χ0) is 27.1. The number of esters is 2. The first-order valence-corrected chi connectivity index (χ1v) is 11.9. The van der Waals surface area contributed by atoms with Gasteiger partial charge < -0.3 is 14.2 Å². The van der Waals surface area contributed by atoms with Gasteiger partial charge in [0.1, 0.15) is 11.6 Å². The van der Waals surface area contributed by atoms with Gasteiger partial charge in [-0.25, -0.2) is 18.9 Å². The lowest BCUT2D eigenvalue weighted by atomic mass is 9.90. The van der Waals surface area contributed by atoms with E-state index in [4.69, 9.17) is 32.2 Å². The molecule has 1 aliphatic heterocycles. The van der Waals surface area contributed by atoms with Crippen molar-refractivity contribution < 1.29 is 42.6 Å². The Balaban J connectivity index is 2.04. The first kappa shape index (κ1) is 27.7. The molecule has 3 amide bonds. The van der Waals surface area contributed by atoms with Crippen molar-refractivity contribution >= 4 is 52.6 Å². The van der Waals surface area contributed by atoms with E-state index in [2.05, 4.69) is 5.92 Å². The summed E-state index contributed by atoms with van der Waals surface area (Å²) in [5, 5.41) is 0. The van der Waals surface area contributed by atoms with E-state index < -0.39 is 53.7 Å². The highest BCUT2D eigenvalue weighted by Gasteiger charge is 2.35. The van der Waals surface area contributed by atoms with E-state index in [0.717, 1.165) is 17.0 Å². The van der Waals surface area contributed by atoms with Gasteiger partial charge in [-0.15, -0.1) is 18.0 Å². The summed E-state index contributed by atoms with van der Waals surface area (Å²) in [6, 6.07) is 2.04. The molecule has 0 radical (unpaired) electrons. The number of alkyl halides is 1. The Kier molecular flexibility index (Phi) is 9.25. The van der Waals surface area contributed by atoms with Crippen LogP contribution < -0.4 is 14.5 Å². The largest absolute Gasteiger partial charge is 0.481 e. The van der Waals surface area contributed by atoms with E-state index in [0.29, 0.717) is 17.7 Å². The van der Waals surface area contributed by atoms with Gasteiger partial charge in [0.05, 0.1) is 24.5 Å². The molecule has 37 heavy (non-hydrogen) atoms. The Bertz CT molecular complexity index is 1210. The number of fused-ring (bicyclic) bond motifs is 1. The maximum atomic E-state index is 15.2. The highest BCUT2D eigenvalue weighted by atomic mass is 35.5. The van der Waals surface area contributed by atoms with Crippen LogP contribution in [0.5, 0.6) is 5.75 Å². The Morgan fingerprint density at radius 3 is 2.54 bits per heavy atom. The standard InChI is InChI=1S/C25H24ClFN2O8/c1-3-9-28-19-11-18(17(27)10-20(19)36-13-22(28)31)29(21(30)12-26)24(33)15-7-5-6-8-16(15)25(34)37-14-23(32)35-4-2/h1,10-11H,4-9,12-14H2,2H3. The van der Waals surface area contributed by atoms with Crippen molar-refractivity contribution in [1.29, 1.82) is 0 Å². The van der Waals surface area contributed by atoms with Gasteiger partial charge in [-0.1, -0.05) is 5.92 Å². The van der Waals surface area contributed by atoms with Gasteiger partial charge in [-0.3, -0.25) is 19.3 Å². The molecule has 0 N–H and O–H groups in total. The molecule has 0 saturated carbocycles. The molecule has 1 aromatic rings. The van der Waals surface area contributed by atoms with Crippen LogP contribution >= 0.6 is 11.6 Å². The summed E-state index contributed by atoms with van der Waals surface area (Å²) >= 11 is 5.75. The summed E-state index contributed by atoms with van der Waals surface area (Å²) in [5.41, 5.74) is -0.522. The third-order valence-corrected chi connectivity index (χ3v) is 5.86.